The minimum absolute atomic E-state index is 0.0338. The van der Waals surface area contributed by atoms with Crippen LogP contribution in [0.3, 0.4) is 0 Å². The first-order valence-electron chi connectivity index (χ1n) is 24.8. The van der Waals surface area contributed by atoms with Crippen molar-refractivity contribution in [3.63, 3.8) is 0 Å². The van der Waals surface area contributed by atoms with Gasteiger partial charge in [-0.25, -0.2) is 4.99 Å². The highest BCUT2D eigenvalue weighted by atomic mass is 16.3. The van der Waals surface area contributed by atoms with E-state index in [1.807, 2.05) is 41.5 Å². The predicted molar refractivity (Wildman–Crippen MR) is 271 cm³/mol. The summed E-state index contributed by atoms with van der Waals surface area (Å²) in [6.45, 7) is 40.3. The molecule has 0 aromatic carbocycles. The molecule has 0 spiro atoms. The number of carbonyl (C=O) groups excluding carboxylic acids is 2. The fraction of sp³-hybridized carbons (Fsp3) is 0.936. The molecule has 0 saturated carbocycles. The number of hydrogen-bond acceptors (Lipinski definition) is 15. The number of nitrogens with zero attached hydrogens (tertiary/aromatic N) is 5. The predicted octanol–water partition coefficient (Wildman–Crippen LogP) is 0.167. The second kappa shape index (κ2) is 35.4. The molecule has 0 aliphatic carbocycles. The Balaban J connectivity index is 5.84. The number of aliphatic imine (C=N–C) groups is 1. The molecule has 0 aromatic heterocycles. The SMILES string of the molecule is CCC(C)(CC(C)(C)C(C)O)C(=O)NCCNCCN(CCNCC=NC(=O)C(C)(C)CC(C)(C)C)CCN(CCN(CCN)CCCNCCN)CCN(CCN)CCNCCN. The highest BCUT2D eigenvalue weighted by Gasteiger charge is 2.39. The van der Waals surface area contributed by atoms with Crippen LogP contribution in [0.1, 0.15) is 94.9 Å². The summed E-state index contributed by atoms with van der Waals surface area (Å²) in [5.41, 5.74) is 22.1. The molecule has 0 bridgehead atoms. The molecule has 0 rings (SSSR count). The van der Waals surface area contributed by atoms with Gasteiger partial charge >= 0.3 is 0 Å². The summed E-state index contributed by atoms with van der Waals surface area (Å²) >= 11 is 0. The van der Waals surface area contributed by atoms with Crippen LogP contribution in [0.4, 0.5) is 0 Å². The number of rotatable bonds is 42. The molecular formula is C47H104N14O3. The van der Waals surface area contributed by atoms with Crippen LogP contribution in [0.2, 0.25) is 0 Å². The molecule has 0 saturated heterocycles. The monoisotopic (exact) mass is 913 g/mol. The zero-order chi connectivity index (χ0) is 48.5. The summed E-state index contributed by atoms with van der Waals surface area (Å²) in [5, 5.41) is 27.4. The van der Waals surface area contributed by atoms with Crippen molar-refractivity contribution < 1.29 is 14.7 Å². The van der Waals surface area contributed by atoms with Crippen LogP contribution in [-0.2, 0) is 9.59 Å². The first-order chi connectivity index (χ1) is 30.2. The molecule has 0 aliphatic rings. The van der Waals surface area contributed by atoms with E-state index in [9.17, 15) is 14.7 Å². The van der Waals surface area contributed by atoms with Gasteiger partial charge in [0.2, 0.25) is 5.91 Å². The Kier molecular flexibility index (Phi) is 34.5. The van der Waals surface area contributed by atoms with Crippen LogP contribution in [0.5, 0.6) is 0 Å². The molecule has 0 radical (unpaired) electrons. The van der Waals surface area contributed by atoms with Gasteiger partial charge in [0.05, 0.1) is 6.10 Å². The number of amides is 2. The van der Waals surface area contributed by atoms with Gasteiger partial charge in [-0.3, -0.25) is 24.3 Å². The van der Waals surface area contributed by atoms with E-state index >= 15 is 0 Å². The van der Waals surface area contributed by atoms with Gasteiger partial charge in [0.1, 0.15) is 0 Å². The number of nitrogens with one attached hydrogen (secondary N) is 5. The molecule has 0 aromatic rings. The van der Waals surface area contributed by atoms with E-state index in [1.165, 1.54) is 0 Å². The summed E-state index contributed by atoms with van der Waals surface area (Å²) in [5.74, 6) is -0.0484. The minimum Gasteiger partial charge on any atom is -0.393 e. The highest BCUT2D eigenvalue weighted by molar-refractivity contribution is 5.89. The zero-order valence-corrected chi connectivity index (χ0v) is 43.0. The Morgan fingerprint density at radius 2 is 1.03 bits per heavy atom. The molecule has 0 fully saturated rings. The molecular weight excluding hydrogens is 809 g/mol. The molecule has 0 aliphatic heterocycles. The molecule has 2 amide bonds. The van der Waals surface area contributed by atoms with Gasteiger partial charge in [-0.15, -0.1) is 0 Å². The van der Waals surface area contributed by atoms with Crippen molar-refractivity contribution in [1.29, 1.82) is 0 Å². The molecule has 17 heteroatoms. The van der Waals surface area contributed by atoms with Crippen LogP contribution in [0.15, 0.2) is 4.99 Å². The number of nitrogens with two attached hydrogens (primary N) is 4. The lowest BCUT2D eigenvalue weighted by Crippen LogP contribution is -2.47. The smallest absolute Gasteiger partial charge is 0.251 e. The van der Waals surface area contributed by atoms with Gasteiger partial charge in [0, 0.05) is 168 Å². The van der Waals surface area contributed by atoms with Gasteiger partial charge in [-0.1, -0.05) is 62.3 Å². The topological polar surface area (TPSA) is 244 Å². The zero-order valence-electron chi connectivity index (χ0n) is 43.0. The number of aliphatic hydroxyl groups excluding tert-OH is 1. The standard InChI is InChI=1S/C47H104N14O3/c1-11-47(10,40-45(6,7)41(2)62)43(64)57-23-21-55-26-32-60(31-25-54-20-22-56-42(63)46(8,9)39-44(3,4)5)35-38-61(37-34-59(29-16-51)30-24-53-19-14-49)36-33-58(28-15-50)27-12-17-52-18-13-48/h22,41,52-55,62H,11-21,23-40,48-51H2,1-10H3,(H,57,64). The summed E-state index contributed by atoms with van der Waals surface area (Å²) in [6, 6.07) is 0. The molecule has 0 heterocycles. The molecule has 2 unspecified atom stereocenters. The lowest BCUT2D eigenvalue weighted by molar-refractivity contribution is -0.133. The fourth-order valence-electron chi connectivity index (χ4n) is 8.14. The van der Waals surface area contributed by atoms with Gasteiger partial charge in [0.25, 0.3) is 5.91 Å². The maximum Gasteiger partial charge on any atom is 0.251 e. The first-order valence-corrected chi connectivity index (χ1v) is 24.8. The van der Waals surface area contributed by atoms with Crippen LogP contribution >= 0.6 is 0 Å². The molecule has 14 N–H and O–H groups in total. The third-order valence-electron chi connectivity index (χ3n) is 12.3. The molecule has 17 nitrogen and oxygen atoms in total. The van der Waals surface area contributed by atoms with Crippen LogP contribution < -0.4 is 49.5 Å². The second-order valence-electron chi connectivity index (χ2n) is 20.6. The Labute approximate surface area is 392 Å². The van der Waals surface area contributed by atoms with Gasteiger partial charge in [0.15, 0.2) is 0 Å². The average molecular weight is 913 g/mol. The Hall–Kier alpha value is -1.71. The first kappa shape index (κ1) is 62.3. The van der Waals surface area contributed by atoms with E-state index in [-0.39, 0.29) is 22.6 Å². The van der Waals surface area contributed by atoms with Crippen LogP contribution in [0, 0.1) is 21.7 Å². The summed E-state index contributed by atoms with van der Waals surface area (Å²) in [6.07, 6.45) is 4.34. The van der Waals surface area contributed by atoms with E-state index in [1.54, 1.807) is 13.1 Å². The van der Waals surface area contributed by atoms with Crippen LogP contribution in [0.25, 0.3) is 0 Å². The van der Waals surface area contributed by atoms with E-state index < -0.39 is 16.9 Å². The number of carbonyl (C=O) groups is 2. The van der Waals surface area contributed by atoms with E-state index in [2.05, 4.69) is 71.9 Å². The summed E-state index contributed by atoms with van der Waals surface area (Å²) in [7, 11) is 0. The van der Waals surface area contributed by atoms with Crippen molar-refractivity contribution in [1.82, 2.24) is 46.2 Å². The van der Waals surface area contributed by atoms with Crippen molar-refractivity contribution in [2.45, 2.75) is 101 Å². The highest BCUT2D eigenvalue weighted by Crippen LogP contribution is 2.39. The third kappa shape index (κ3) is 30.6. The van der Waals surface area contributed by atoms with Gasteiger partial charge < -0.3 is 59.5 Å². The number of aliphatic hydroxyl groups is 1. The Bertz CT molecular complexity index is 1200. The second-order valence-corrected chi connectivity index (χ2v) is 20.6. The lowest BCUT2D eigenvalue weighted by atomic mass is 9.69. The quantitative estimate of drug-likeness (QED) is 0.0290. The van der Waals surface area contributed by atoms with Crippen molar-refractivity contribution in [2.24, 2.45) is 49.6 Å². The third-order valence-corrected chi connectivity index (χ3v) is 12.3. The van der Waals surface area contributed by atoms with E-state index in [0.717, 1.165) is 131 Å². The Morgan fingerprint density at radius 3 is 1.50 bits per heavy atom. The fourth-order valence-corrected chi connectivity index (χ4v) is 8.14. The van der Waals surface area contributed by atoms with E-state index in [4.69, 9.17) is 22.9 Å². The van der Waals surface area contributed by atoms with Gasteiger partial charge in [-0.05, 0) is 56.5 Å². The Morgan fingerprint density at radius 1 is 0.578 bits per heavy atom. The minimum atomic E-state index is -0.553. The maximum absolute atomic E-state index is 13.4. The normalized spacial score (nSPS) is 14.4. The van der Waals surface area contributed by atoms with Crippen molar-refractivity contribution in [2.75, 3.05) is 164 Å². The van der Waals surface area contributed by atoms with Crippen molar-refractivity contribution in [3.05, 3.63) is 0 Å². The van der Waals surface area contributed by atoms with Gasteiger partial charge in [-0.2, -0.15) is 0 Å². The van der Waals surface area contributed by atoms with E-state index in [0.29, 0.717) is 58.7 Å². The molecule has 64 heavy (non-hydrogen) atoms. The molecule has 380 valence electrons. The number of hydrogen-bond donors (Lipinski definition) is 10. The molecule has 2 atom stereocenters. The van der Waals surface area contributed by atoms with Crippen molar-refractivity contribution >= 4 is 18.0 Å². The average Bonchev–Trinajstić information content (AvgIpc) is 3.22. The van der Waals surface area contributed by atoms with Crippen LogP contribution in [-0.4, -0.2) is 212 Å². The summed E-state index contributed by atoms with van der Waals surface area (Å²) < 4.78 is 0. The summed E-state index contributed by atoms with van der Waals surface area (Å²) in [4.78, 5) is 40.6. The maximum atomic E-state index is 13.4. The largest absolute Gasteiger partial charge is 0.393 e. The van der Waals surface area contributed by atoms with Crippen molar-refractivity contribution in [3.8, 4) is 0 Å². The lowest BCUT2D eigenvalue weighted by Gasteiger charge is -2.37.